The van der Waals surface area contributed by atoms with Gasteiger partial charge in [-0.05, 0) is 42.3 Å². The predicted molar refractivity (Wildman–Crippen MR) is 57.3 cm³/mol. The second-order valence-electron chi connectivity index (χ2n) is 3.34. The molecule has 0 spiro atoms. The molecule has 4 nitrogen and oxygen atoms in total. The summed E-state index contributed by atoms with van der Waals surface area (Å²) in [6.07, 6.45) is -0.474. The normalized spacial score (nSPS) is 26.3. The Kier molecular flexibility index (Phi) is 3.90. The first kappa shape index (κ1) is 12.2. The van der Waals surface area contributed by atoms with E-state index in [1.165, 1.54) is 0 Å². The lowest BCUT2D eigenvalue weighted by atomic mass is 9.93. The predicted octanol–water partition coefficient (Wildman–Crippen LogP) is 1.78. The molecule has 1 aliphatic rings. The van der Waals surface area contributed by atoms with Crippen LogP contribution in [0, 0.1) is 5.92 Å². The third-order valence-corrected chi connectivity index (χ3v) is 3.24. The summed E-state index contributed by atoms with van der Waals surface area (Å²) in [7, 11) is 0. The Labute approximate surface area is 96.7 Å². The van der Waals surface area contributed by atoms with Crippen LogP contribution in [0.15, 0.2) is 10.1 Å². The third-order valence-electron chi connectivity index (χ3n) is 2.29. The molecular formula is C10H13BrO4. The Morgan fingerprint density at radius 1 is 1.60 bits per heavy atom. The van der Waals surface area contributed by atoms with E-state index >= 15 is 0 Å². The average molecular weight is 277 g/mol. The van der Waals surface area contributed by atoms with Gasteiger partial charge in [-0.15, -0.1) is 0 Å². The van der Waals surface area contributed by atoms with Crippen LogP contribution in [0.4, 0.5) is 0 Å². The van der Waals surface area contributed by atoms with Gasteiger partial charge >= 0.3 is 11.9 Å². The van der Waals surface area contributed by atoms with Crippen molar-refractivity contribution in [2.75, 3.05) is 6.61 Å². The molecule has 0 amide bonds. The number of rotatable bonds is 2. The van der Waals surface area contributed by atoms with Crippen LogP contribution in [0.2, 0.25) is 0 Å². The summed E-state index contributed by atoms with van der Waals surface area (Å²) in [5.74, 6) is -1.29. The largest absolute Gasteiger partial charge is 0.465 e. The minimum absolute atomic E-state index is 0.318. The molecule has 1 rings (SSSR count). The average Bonchev–Trinajstić information content (AvgIpc) is 2.15. The van der Waals surface area contributed by atoms with Crippen LogP contribution in [-0.2, 0) is 19.1 Å². The van der Waals surface area contributed by atoms with Crippen LogP contribution in [0.1, 0.15) is 20.8 Å². The van der Waals surface area contributed by atoms with Gasteiger partial charge in [0.05, 0.1) is 6.61 Å². The molecule has 0 fully saturated rings. The smallest absolute Gasteiger partial charge is 0.345 e. The van der Waals surface area contributed by atoms with E-state index in [9.17, 15) is 9.59 Å². The summed E-state index contributed by atoms with van der Waals surface area (Å²) in [6.45, 7) is 5.47. The van der Waals surface area contributed by atoms with Gasteiger partial charge in [0, 0.05) is 0 Å². The first-order valence-corrected chi connectivity index (χ1v) is 5.52. The molecule has 0 bridgehead atoms. The van der Waals surface area contributed by atoms with Crippen molar-refractivity contribution in [3.63, 3.8) is 0 Å². The van der Waals surface area contributed by atoms with E-state index in [1.54, 1.807) is 20.8 Å². The fourth-order valence-electron chi connectivity index (χ4n) is 1.54. The lowest BCUT2D eigenvalue weighted by Gasteiger charge is -2.28. The van der Waals surface area contributed by atoms with E-state index < -0.39 is 18.0 Å². The Morgan fingerprint density at radius 3 is 2.73 bits per heavy atom. The first-order chi connectivity index (χ1) is 6.99. The van der Waals surface area contributed by atoms with E-state index in [-0.39, 0.29) is 5.97 Å². The number of hydrogen-bond donors (Lipinski definition) is 0. The third kappa shape index (κ3) is 2.40. The molecule has 2 atom stereocenters. The van der Waals surface area contributed by atoms with Gasteiger partial charge in [-0.2, -0.15) is 0 Å². The van der Waals surface area contributed by atoms with Crippen molar-refractivity contribution >= 4 is 27.9 Å². The van der Waals surface area contributed by atoms with E-state index in [0.29, 0.717) is 16.7 Å². The quantitative estimate of drug-likeness (QED) is 0.722. The number of hydrogen-bond acceptors (Lipinski definition) is 4. The molecule has 0 aromatic rings. The van der Waals surface area contributed by atoms with Crippen LogP contribution < -0.4 is 0 Å². The Bertz CT molecular complexity index is 321. The zero-order valence-electron chi connectivity index (χ0n) is 8.87. The highest BCUT2D eigenvalue weighted by Gasteiger charge is 2.37. The number of carbonyl (C=O) groups is 2. The molecule has 0 aromatic carbocycles. The lowest BCUT2D eigenvalue weighted by Crippen LogP contribution is -2.37. The maximum absolute atomic E-state index is 11.6. The highest BCUT2D eigenvalue weighted by Crippen LogP contribution is 2.31. The molecule has 0 N–H and O–H groups in total. The molecule has 0 saturated carbocycles. The topological polar surface area (TPSA) is 52.6 Å². The molecule has 84 valence electrons. The Morgan fingerprint density at radius 2 is 2.20 bits per heavy atom. The van der Waals surface area contributed by atoms with E-state index in [2.05, 4.69) is 15.9 Å². The molecule has 0 saturated heterocycles. The number of ether oxygens (including phenoxy) is 2. The van der Waals surface area contributed by atoms with Crippen molar-refractivity contribution in [2.45, 2.75) is 26.9 Å². The molecule has 1 aliphatic heterocycles. The fraction of sp³-hybridized carbons (Fsp3) is 0.600. The summed E-state index contributed by atoms with van der Waals surface area (Å²) in [4.78, 5) is 22.9. The van der Waals surface area contributed by atoms with Gasteiger partial charge in [-0.3, -0.25) is 4.79 Å². The molecule has 0 radical (unpaired) electrons. The summed E-state index contributed by atoms with van der Waals surface area (Å²) in [6, 6.07) is 0. The van der Waals surface area contributed by atoms with Crippen molar-refractivity contribution in [3.05, 3.63) is 10.1 Å². The van der Waals surface area contributed by atoms with Gasteiger partial charge in [-0.25, -0.2) is 4.79 Å². The summed E-state index contributed by atoms with van der Waals surface area (Å²) < 4.78 is 10.2. The first-order valence-electron chi connectivity index (χ1n) is 4.72. The number of cyclic esters (lactones) is 1. The zero-order valence-corrected chi connectivity index (χ0v) is 10.5. The molecule has 5 heteroatoms. The van der Waals surface area contributed by atoms with Crippen LogP contribution in [0.3, 0.4) is 0 Å². The Balaban J connectivity index is 2.97. The van der Waals surface area contributed by atoms with Gasteiger partial charge in [0.1, 0.15) is 16.5 Å². The van der Waals surface area contributed by atoms with Gasteiger partial charge in [0.2, 0.25) is 0 Å². The van der Waals surface area contributed by atoms with Crippen molar-refractivity contribution in [3.8, 4) is 0 Å². The number of esters is 2. The van der Waals surface area contributed by atoms with Gasteiger partial charge in [-0.1, -0.05) is 0 Å². The van der Waals surface area contributed by atoms with Gasteiger partial charge in [0.15, 0.2) is 0 Å². The van der Waals surface area contributed by atoms with E-state index in [4.69, 9.17) is 9.47 Å². The molecule has 1 heterocycles. The van der Waals surface area contributed by atoms with Crippen LogP contribution in [-0.4, -0.2) is 24.6 Å². The molecule has 0 aliphatic carbocycles. The number of carbonyl (C=O) groups excluding carboxylic acids is 2. The SMILES string of the molecule is CCOC(=O)[C@H]1C(C)=C(Br)C(=O)O[C@@H]1C. The van der Waals surface area contributed by atoms with Crippen molar-refractivity contribution in [2.24, 2.45) is 5.92 Å². The zero-order chi connectivity index (χ0) is 11.6. The minimum atomic E-state index is -0.503. The van der Waals surface area contributed by atoms with E-state index in [0.717, 1.165) is 0 Å². The van der Waals surface area contributed by atoms with Crippen LogP contribution >= 0.6 is 15.9 Å². The van der Waals surface area contributed by atoms with Crippen molar-refractivity contribution in [1.82, 2.24) is 0 Å². The Hall–Kier alpha value is -0.840. The summed E-state index contributed by atoms with van der Waals surface area (Å²) in [5, 5.41) is 0. The molecular weight excluding hydrogens is 264 g/mol. The molecule has 15 heavy (non-hydrogen) atoms. The van der Waals surface area contributed by atoms with Crippen molar-refractivity contribution in [1.29, 1.82) is 0 Å². The van der Waals surface area contributed by atoms with Crippen LogP contribution in [0.5, 0.6) is 0 Å². The summed E-state index contributed by atoms with van der Waals surface area (Å²) >= 11 is 3.10. The fourth-order valence-corrected chi connectivity index (χ4v) is 1.88. The van der Waals surface area contributed by atoms with Crippen LogP contribution in [0.25, 0.3) is 0 Å². The highest BCUT2D eigenvalue weighted by atomic mass is 79.9. The summed E-state index contributed by atoms with van der Waals surface area (Å²) in [5.41, 5.74) is 0.664. The number of halogens is 1. The van der Waals surface area contributed by atoms with E-state index in [1.807, 2.05) is 0 Å². The maximum Gasteiger partial charge on any atom is 0.345 e. The van der Waals surface area contributed by atoms with Gasteiger partial charge < -0.3 is 9.47 Å². The second kappa shape index (κ2) is 4.79. The standard InChI is InChI=1S/C10H13BrO4/c1-4-14-9(12)7-5(2)8(11)10(13)15-6(7)3/h6-7H,4H2,1-3H3/t6-,7+/m1/s1. The molecule has 0 unspecified atom stereocenters. The van der Waals surface area contributed by atoms with Crippen molar-refractivity contribution < 1.29 is 19.1 Å². The minimum Gasteiger partial charge on any atom is -0.465 e. The second-order valence-corrected chi connectivity index (χ2v) is 4.13. The van der Waals surface area contributed by atoms with Gasteiger partial charge in [0.25, 0.3) is 0 Å². The highest BCUT2D eigenvalue weighted by molar-refractivity contribution is 9.12. The monoisotopic (exact) mass is 276 g/mol. The molecule has 0 aromatic heterocycles. The maximum atomic E-state index is 11.6. The lowest BCUT2D eigenvalue weighted by molar-refractivity contribution is -0.158.